The number of anilines is 1. The third kappa shape index (κ3) is 3.03. The van der Waals surface area contributed by atoms with Gasteiger partial charge < -0.3 is 15.8 Å². The summed E-state index contributed by atoms with van der Waals surface area (Å²) in [6.07, 6.45) is 1.56. The van der Waals surface area contributed by atoms with E-state index >= 15 is 0 Å². The predicted octanol–water partition coefficient (Wildman–Crippen LogP) is 1.95. The Hall–Kier alpha value is -2.63. The van der Waals surface area contributed by atoms with Gasteiger partial charge >= 0.3 is 0 Å². The maximum atomic E-state index is 13.2. The maximum Gasteiger partial charge on any atom is 0.190 e. The minimum absolute atomic E-state index is 0.0632. The average molecular weight is 274 g/mol. The van der Waals surface area contributed by atoms with E-state index in [0.717, 1.165) is 5.56 Å². The van der Waals surface area contributed by atoms with Gasteiger partial charge in [0.15, 0.2) is 5.84 Å². The first-order chi connectivity index (χ1) is 9.61. The lowest BCUT2D eigenvalue weighted by molar-refractivity contribution is 0.318. The Kier molecular flexibility index (Phi) is 4.14. The van der Waals surface area contributed by atoms with Crippen molar-refractivity contribution in [1.29, 1.82) is 0 Å². The molecule has 0 fully saturated rings. The highest BCUT2D eigenvalue weighted by Gasteiger charge is 2.12. The number of amidine groups is 1. The zero-order valence-corrected chi connectivity index (χ0v) is 11.0. The molecule has 3 N–H and O–H groups in total. The Labute approximate surface area is 116 Å². The highest BCUT2D eigenvalue weighted by atomic mass is 19.1. The van der Waals surface area contributed by atoms with Gasteiger partial charge in [-0.15, -0.1) is 0 Å². The third-order valence-electron chi connectivity index (χ3n) is 2.86. The fourth-order valence-electron chi connectivity index (χ4n) is 1.94. The highest BCUT2D eigenvalue weighted by molar-refractivity contribution is 6.00. The van der Waals surface area contributed by atoms with Gasteiger partial charge in [0, 0.05) is 19.8 Å². The molecule has 0 saturated heterocycles. The fourth-order valence-corrected chi connectivity index (χ4v) is 1.94. The van der Waals surface area contributed by atoms with E-state index in [1.165, 1.54) is 12.1 Å². The third-order valence-corrected chi connectivity index (χ3v) is 2.86. The SMILES string of the molecule is CN(Cc1cccc(F)c1)c1cccnc1/C(N)=N/O. The fraction of sp³-hybridized carbons (Fsp3) is 0.143. The van der Waals surface area contributed by atoms with Gasteiger partial charge in [0.25, 0.3) is 0 Å². The first kappa shape index (κ1) is 13.8. The van der Waals surface area contributed by atoms with Gasteiger partial charge in [-0.3, -0.25) is 4.98 Å². The van der Waals surface area contributed by atoms with Crippen LogP contribution in [0.1, 0.15) is 11.3 Å². The molecule has 0 atom stereocenters. The number of hydrogen-bond acceptors (Lipinski definition) is 4. The number of nitrogens with zero attached hydrogens (tertiary/aromatic N) is 3. The van der Waals surface area contributed by atoms with Crippen LogP contribution >= 0.6 is 0 Å². The number of nitrogens with two attached hydrogens (primary N) is 1. The molecule has 0 aliphatic rings. The highest BCUT2D eigenvalue weighted by Crippen LogP contribution is 2.19. The van der Waals surface area contributed by atoms with E-state index in [9.17, 15) is 4.39 Å². The van der Waals surface area contributed by atoms with Crippen molar-refractivity contribution >= 4 is 11.5 Å². The number of oxime groups is 1. The van der Waals surface area contributed by atoms with E-state index in [4.69, 9.17) is 10.9 Å². The first-order valence-corrected chi connectivity index (χ1v) is 6.00. The van der Waals surface area contributed by atoms with Crippen molar-refractivity contribution in [3.63, 3.8) is 0 Å². The molecule has 0 radical (unpaired) electrons. The summed E-state index contributed by atoms with van der Waals surface area (Å²) in [5.41, 5.74) is 7.51. The second-order valence-electron chi connectivity index (χ2n) is 4.34. The number of pyridine rings is 1. The molecule has 20 heavy (non-hydrogen) atoms. The Balaban J connectivity index is 2.28. The average Bonchev–Trinajstić information content (AvgIpc) is 2.46. The van der Waals surface area contributed by atoms with Crippen LogP contribution in [-0.4, -0.2) is 23.1 Å². The molecule has 6 heteroatoms. The van der Waals surface area contributed by atoms with Gasteiger partial charge in [-0.05, 0) is 29.8 Å². The van der Waals surface area contributed by atoms with E-state index in [0.29, 0.717) is 17.9 Å². The normalized spacial score (nSPS) is 11.4. The Bertz CT molecular complexity index is 630. The van der Waals surface area contributed by atoms with Crippen molar-refractivity contribution in [2.75, 3.05) is 11.9 Å². The monoisotopic (exact) mass is 274 g/mol. The predicted molar refractivity (Wildman–Crippen MR) is 75.3 cm³/mol. The second kappa shape index (κ2) is 6.01. The summed E-state index contributed by atoms with van der Waals surface area (Å²) >= 11 is 0. The van der Waals surface area contributed by atoms with Crippen molar-refractivity contribution in [2.24, 2.45) is 10.9 Å². The molecule has 1 aromatic carbocycles. The summed E-state index contributed by atoms with van der Waals surface area (Å²) < 4.78 is 13.2. The summed E-state index contributed by atoms with van der Waals surface area (Å²) in [5.74, 6) is -0.342. The van der Waals surface area contributed by atoms with Crippen LogP contribution in [-0.2, 0) is 6.54 Å². The molecule has 0 bridgehead atoms. The quantitative estimate of drug-likeness (QED) is 0.387. The number of rotatable bonds is 4. The number of aromatic nitrogens is 1. The molecule has 0 unspecified atom stereocenters. The van der Waals surface area contributed by atoms with Crippen LogP contribution in [0.15, 0.2) is 47.8 Å². The molecule has 104 valence electrons. The minimum atomic E-state index is -0.279. The lowest BCUT2D eigenvalue weighted by Crippen LogP contribution is -2.23. The van der Waals surface area contributed by atoms with Crippen molar-refractivity contribution in [3.8, 4) is 0 Å². The molecule has 5 nitrogen and oxygen atoms in total. The number of hydrogen-bond donors (Lipinski definition) is 2. The number of benzene rings is 1. The van der Waals surface area contributed by atoms with Crippen LogP contribution in [0.4, 0.5) is 10.1 Å². The summed E-state index contributed by atoms with van der Waals surface area (Å²) in [7, 11) is 1.83. The van der Waals surface area contributed by atoms with Gasteiger partial charge in [-0.1, -0.05) is 17.3 Å². The molecular weight excluding hydrogens is 259 g/mol. The van der Waals surface area contributed by atoms with Gasteiger partial charge in [-0.25, -0.2) is 4.39 Å². The van der Waals surface area contributed by atoms with Crippen molar-refractivity contribution < 1.29 is 9.60 Å². The summed E-state index contributed by atoms with van der Waals surface area (Å²) in [4.78, 5) is 5.95. The molecule has 2 rings (SSSR count). The van der Waals surface area contributed by atoms with Gasteiger partial charge in [0.05, 0.1) is 5.69 Å². The van der Waals surface area contributed by atoms with E-state index in [-0.39, 0.29) is 11.7 Å². The summed E-state index contributed by atoms with van der Waals surface area (Å²) in [6.45, 7) is 0.481. The van der Waals surface area contributed by atoms with Gasteiger partial charge in [-0.2, -0.15) is 0 Å². The van der Waals surface area contributed by atoms with Crippen LogP contribution in [0.5, 0.6) is 0 Å². The molecule has 0 saturated carbocycles. The van der Waals surface area contributed by atoms with Crippen LogP contribution in [0.3, 0.4) is 0 Å². The molecule has 0 spiro atoms. The van der Waals surface area contributed by atoms with Crippen LogP contribution in [0.25, 0.3) is 0 Å². The molecule has 0 amide bonds. The number of halogens is 1. The van der Waals surface area contributed by atoms with Crippen LogP contribution < -0.4 is 10.6 Å². The molecule has 2 aromatic rings. The first-order valence-electron chi connectivity index (χ1n) is 6.00. The zero-order chi connectivity index (χ0) is 14.5. The zero-order valence-electron chi connectivity index (χ0n) is 11.0. The molecule has 0 aliphatic heterocycles. The smallest absolute Gasteiger partial charge is 0.190 e. The molecular formula is C14H15FN4O. The Morgan fingerprint density at radius 2 is 2.20 bits per heavy atom. The molecule has 1 aromatic heterocycles. The van der Waals surface area contributed by atoms with Crippen molar-refractivity contribution in [1.82, 2.24) is 4.98 Å². The molecule has 1 heterocycles. The van der Waals surface area contributed by atoms with Gasteiger partial charge in [0.1, 0.15) is 11.5 Å². The standard InChI is InChI=1S/C14H15FN4O/c1-19(9-10-4-2-5-11(15)8-10)12-6-3-7-17-13(12)14(16)18-20/h2-8,20H,9H2,1H3,(H2,16,18). The van der Waals surface area contributed by atoms with E-state index in [2.05, 4.69) is 10.1 Å². The Morgan fingerprint density at radius 3 is 2.90 bits per heavy atom. The van der Waals surface area contributed by atoms with Crippen molar-refractivity contribution in [2.45, 2.75) is 6.54 Å². The summed E-state index contributed by atoms with van der Waals surface area (Å²) in [5, 5.41) is 11.7. The van der Waals surface area contributed by atoms with E-state index in [1.54, 1.807) is 24.4 Å². The topological polar surface area (TPSA) is 74.7 Å². The largest absolute Gasteiger partial charge is 0.409 e. The van der Waals surface area contributed by atoms with Crippen molar-refractivity contribution in [3.05, 3.63) is 59.7 Å². The van der Waals surface area contributed by atoms with Gasteiger partial charge in [0.2, 0.25) is 0 Å². The van der Waals surface area contributed by atoms with E-state index < -0.39 is 0 Å². The van der Waals surface area contributed by atoms with Crippen LogP contribution in [0.2, 0.25) is 0 Å². The van der Waals surface area contributed by atoms with Crippen LogP contribution in [0, 0.1) is 5.82 Å². The lowest BCUT2D eigenvalue weighted by Gasteiger charge is -2.21. The van der Waals surface area contributed by atoms with E-state index in [1.807, 2.05) is 18.0 Å². The lowest BCUT2D eigenvalue weighted by atomic mass is 10.2. The minimum Gasteiger partial charge on any atom is -0.409 e. The second-order valence-corrected chi connectivity index (χ2v) is 4.34. The summed E-state index contributed by atoms with van der Waals surface area (Å²) in [6, 6.07) is 9.92. The molecule has 0 aliphatic carbocycles. The maximum absolute atomic E-state index is 13.2. The Morgan fingerprint density at radius 1 is 1.40 bits per heavy atom.